The normalized spacial score (nSPS) is 11.2. The zero-order valence-corrected chi connectivity index (χ0v) is 14.8. The Labute approximate surface area is 139 Å². The molecule has 0 atom stereocenters. The molecule has 5 nitrogen and oxygen atoms in total. The van der Waals surface area contributed by atoms with Crippen molar-refractivity contribution in [3.63, 3.8) is 0 Å². The molecule has 20 heavy (non-hydrogen) atoms. The van der Waals surface area contributed by atoms with Gasteiger partial charge < -0.3 is 10.5 Å². The molecule has 0 bridgehead atoms. The number of halogens is 2. The second-order valence-corrected chi connectivity index (χ2v) is 6.15. The third-order valence-electron chi connectivity index (χ3n) is 2.48. The molecular formula is C13H14BrIN4O. The average Bonchev–Trinajstić information content (AvgIpc) is 2.69. The number of anilines is 1. The van der Waals surface area contributed by atoms with Gasteiger partial charge in [-0.1, -0.05) is 15.9 Å². The number of aryl methyl sites for hydroxylation is 1. The van der Waals surface area contributed by atoms with Crippen LogP contribution in [0.1, 0.15) is 18.2 Å². The maximum atomic E-state index is 5.76. The van der Waals surface area contributed by atoms with E-state index in [9.17, 15) is 0 Å². The van der Waals surface area contributed by atoms with Gasteiger partial charge in [0.15, 0.2) is 0 Å². The molecule has 1 heterocycles. The van der Waals surface area contributed by atoms with E-state index in [2.05, 4.69) is 48.6 Å². The first-order valence-electron chi connectivity index (χ1n) is 5.99. The van der Waals surface area contributed by atoms with Crippen molar-refractivity contribution in [1.82, 2.24) is 9.66 Å². The Morgan fingerprint density at radius 2 is 2.30 bits per heavy atom. The zero-order chi connectivity index (χ0) is 14.7. The van der Waals surface area contributed by atoms with Gasteiger partial charge in [0.25, 0.3) is 0 Å². The lowest BCUT2D eigenvalue weighted by Crippen LogP contribution is -2.01. The molecule has 1 aromatic carbocycles. The Morgan fingerprint density at radius 1 is 1.55 bits per heavy atom. The highest BCUT2D eigenvalue weighted by Gasteiger charge is 2.08. The molecule has 0 aliphatic heterocycles. The number of aromatic nitrogens is 2. The summed E-state index contributed by atoms with van der Waals surface area (Å²) in [6.45, 7) is 4.43. The van der Waals surface area contributed by atoms with Crippen LogP contribution in [-0.4, -0.2) is 22.5 Å². The van der Waals surface area contributed by atoms with Gasteiger partial charge in [-0.15, -0.1) is 0 Å². The van der Waals surface area contributed by atoms with Gasteiger partial charge in [0.1, 0.15) is 5.75 Å². The van der Waals surface area contributed by atoms with Crippen LogP contribution >= 0.6 is 38.5 Å². The number of benzene rings is 1. The third kappa shape index (κ3) is 3.51. The second-order valence-electron chi connectivity index (χ2n) is 4.07. The van der Waals surface area contributed by atoms with Gasteiger partial charge in [-0.2, -0.15) is 5.10 Å². The van der Waals surface area contributed by atoms with Gasteiger partial charge in [-0.05, 0) is 48.6 Å². The number of imidazole rings is 1. The summed E-state index contributed by atoms with van der Waals surface area (Å²) in [6.07, 6.45) is 3.49. The Bertz CT molecular complexity index is 654. The van der Waals surface area contributed by atoms with Crippen molar-refractivity contribution in [1.29, 1.82) is 0 Å². The summed E-state index contributed by atoms with van der Waals surface area (Å²) < 4.78 is 9.21. The van der Waals surface area contributed by atoms with Crippen molar-refractivity contribution >= 4 is 50.7 Å². The predicted octanol–water partition coefficient (Wildman–Crippen LogP) is 3.42. The average molecular weight is 449 g/mol. The number of ether oxygens (including phenoxy) is 1. The van der Waals surface area contributed by atoms with E-state index in [1.807, 2.05) is 26.0 Å². The number of nitrogens with zero attached hydrogens (tertiary/aromatic N) is 3. The Balaban J connectivity index is 2.39. The molecule has 0 amide bonds. The molecule has 0 aliphatic rings. The summed E-state index contributed by atoms with van der Waals surface area (Å²) in [5.74, 6) is 1.18. The van der Waals surface area contributed by atoms with Crippen molar-refractivity contribution in [2.75, 3.05) is 12.3 Å². The van der Waals surface area contributed by atoms with E-state index in [1.165, 1.54) is 0 Å². The molecule has 0 aliphatic carbocycles. The summed E-state index contributed by atoms with van der Waals surface area (Å²) in [4.78, 5) is 4.10. The van der Waals surface area contributed by atoms with Crippen LogP contribution in [0.25, 0.3) is 0 Å². The molecule has 0 radical (unpaired) electrons. The van der Waals surface area contributed by atoms with Crippen LogP contribution in [0.3, 0.4) is 0 Å². The van der Waals surface area contributed by atoms with Crippen LogP contribution in [0.15, 0.2) is 27.9 Å². The Morgan fingerprint density at radius 3 is 2.90 bits per heavy atom. The maximum Gasteiger partial charge on any atom is 0.221 e. The lowest BCUT2D eigenvalue weighted by atomic mass is 10.2. The van der Waals surface area contributed by atoms with Crippen LogP contribution in [-0.2, 0) is 0 Å². The summed E-state index contributed by atoms with van der Waals surface area (Å²) >= 11 is 5.72. The van der Waals surface area contributed by atoms with Crippen LogP contribution in [0.2, 0.25) is 0 Å². The SMILES string of the molecule is CCOc1c(I)cc(Br)cc1C=Nn1cc(C)nc1N. The number of nitrogens with two attached hydrogens (primary N) is 1. The molecule has 1 aromatic heterocycles. The molecule has 0 fully saturated rings. The van der Waals surface area contributed by atoms with Gasteiger partial charge in [0.05, 0.1) is 28.3 Å². The van der Waals surface area contributed by atoms with E-state index < -0.39 is 0 Å². The fourth-order valence-corrected chi connectivity index (χ4v) is 3.40. The summed E-state index contributed by atoms with van der Waals surface area (Å²) in [5, 5.41) is 4.32. The summed E-state index contributed by atoms with van der Waals surface area (Å²) in [5.41, 5.74) is 7.47. The van der Waals surface area contributed by atoms with E-state index in [1.54, 1.807) is 17.1 Å². The Hall–Kier alpha value is -1.09. The van der Waals surface area contributed by atoms with Crippen LogP contribution in [0.5, 0.6) is 5.75 Å². The molecule has 7 heteroatoms. The smallest absolute Gasteiger partial charge is 0.221 e. The quantitative estimate of drug-likeness (QED) is 0.575. The minimum Gasteiger partial charge on any atom is -0.492 e. The van der Waals surface area contributed by atoms with Crippen LogP contribution in [0, 0.1) is 10.5 Å². The van der Waals surface area contributed by atoms with Gasteiger partial charge in [0.2, 0.25) is 5.95 Å². The largest absolute Gasteiger partial charge is 0.492 e. The van der Waals surface area contributed by atoms with Crippen molar-refractivity contribution in [2.24, 2.45) is 5.10 Å². The first-order valence-corrected chi connectivity index (χ1v) is 7.86. The lowest BCUT2D eigenvalue weighted by molar-refractivity contribution is 0.337. The molecule has 2 N–H and O–H groups in total. The molecular weight excluding hydrogens is 435 g/mol. The molecule has 0 saturated carbocycles. The number of hydrogen-bond donors (Lipinski definition) is 1. The first-order chi connectivity index (χ1) is 9.51. The van der Waals surface area contributed by atoms with E-state index in [4.69, 9.17) is 10.5 Å². The highest BCUT2D eigenvalue weighted by Crippen LogP contribution is 2.29. The van der Waals surface area contributed by atoms with E-state index in [0.717, 1.165) is 25.0 Å². The zero-order valence-electron chi connectivity index (χ0n) is 11.1. The van der Waals surface area contributed by atoms with Gasteiger partial charge in [0, 0.05) is 10.0 Å². The second kappa shape index (κ2) is 6.57. The molecule has 0 spiro atoms. The molecule has 0 saturated heterocycles. The van der Waals surface area contributed by atoms with E-state index in [-0.39, 0.29) is 0 Å². The Kier molecular flexibility index (Phi) is 5.03. The number of rotatable bonds is 4. The van der Waals surface area contributed by atoms with Gasteiger partial charge in [-0.25, -0.2) is 9.66 Å². The molecule has 2 aromatic rings. The van der Waals surface area contributed by atoms with Gasteiger partial charge >= 0.3 is 0 Å². The molecule has 106 valence electrons. The predicted molar refractivity (Wildman–Crippen MR) is 92.4 cm³/mol. The van der Waals surface area contributed by atoms with Crippen LogP contribution < -0.4 is 10.5 Å². The number of nitrogen functional groups attached to an aromatic ring is 1. The molecule has 0 unspecified atom stereocenters. The van der Waals surface area contributed by atoms with Crippen molar-refractivity contribution in [2.45, 2.75) is 13.8 Å². The topological polar surface area (TPSA) is 65.4 Å². The van der Waals surface area contributed by atoms with Crippen molar-refractivity contribution in [3.05, 3.63) is 37.6 Å². The van der Waals surface area contributed by atoms with Crippen molar-refractivity contribution in [3.8, 4) is 5.75 Å². The fraction of sp³-hybridized carbons (Fsp3) is 0.231. The third-order valence-corrected chi connectivity index (χ3v) is 3.74. The van der Waals surface area contributed by atoms with E-state index >= 15 is 0 Å². The first kappa shape index (κ1) is 15.3. The minimum absolute atomic E-state index is 0.362. The number of hydrogen-bond acceptors (Lipinski definition) is 4. The standard InChI is InChI=1S/C13H14BrIN4O/c1-3-20-12-9(4-10(14)5-11(12)15)6-17-19-7-8(2)18-13(19)16/h4-7H,3H2,1-2H3,(H2,16,18). The summed E-state index contributed by atoms with van der Waals surface area (Å²) in [7, 11) is 0. The maximum absolute atomic E-state index is 5.76. The highest BCUT2D eigenvalue weighted by atomic mass is 127. The van der Waals surface area contributed by atoms with Crippen LogP contribution in [0.4, 0.5) is 5.95 Å². The minimum atomic E-state index is 0.362. The van der Waals surface area contributed by atoms with E-state index in [0.29, 0.717) is 12.6 Å². The monoisotopic (exact) mass is 448 g/mol. The highest BCUT2D eigenvalue weighted by molar-refractivity contribution is 14.1. The lowest BCUT2D eigenvalue weighted by Gasteiger charge is -2.10. The molecule has 2 rings (SSSR count). The van der Waals surface area contributed by atoms with Crippen molar-refractivity contribution < 1.29 is 4.74 Å². The summed E-state index contributed by atoms with van der Waals surface area (Å²) in [6, 6.07) is 3.95. The van der Waals surface area contributed by atoms with Gasteiger partial charge in [-0.3, -0.25) is 0 Å². The fourth-order valence-electron chi connectivity index (χ4n) is 1.69.